The van der Waals surface area contributed by atoms with E-state index in [1.807, 2.05) is 18.2 Å². The van der Waals surface area contributed by atoms with Crippen LogP contribution in [0.25, 0.3) is 11.0 Å². The van der Waals surface area contributed by atoms with Crippen molar-refractivity contribution >= 4 is 28.5 Å². The molecule has 0 spiro atoms. The second-order valence-electron chi connectivity index (χ2n) is 8.53. The lowest BCUT2D eigenvalue weighted by molar-refractivity contribution is -0.119. The Balaban J connectivity index is 1.22. The van der Waals surface area contributed by atoms with Gasteiger partial charge in [-0.1, -0.05) is 16.8 Å². The van der Waals surface area contributed by atoms with Gasteiger partial charge in [-0.15, -0.1) is 0 Å². The Morgan fingerprint density at radius 3 is 2.68 bits per heavy atom. The van der Waals surface area contributed by atoms with E-state index in [0.717, 1.165) is 61.4 Å². The molecule has 6 heteroatoms. The Hall–Kier alpha value is -1.59. The molecule has 28 heavy (non-hydrogen) atoms. The zero-order valence-corrected chi connectivity index (χ0v) is 17.4. The van der Waals surface area contributed by atoms with Gasteiger partial charge < -0.3 is 14.7 Å². The highest BCUT2D eigenvalue weighted by molar-refractivity contribution is 6.31. The van der Waals surface area contributed by atoms with E-state index in [0.29, 0.717) is 17.0 Å². The molecular weight excluding hydrogens is 374 g/mol. The summed E-state index contributed by atoms with van der Waals surface area (Å²) in [6.45, 7) is 5.08. The number of hydrogen-bond acceptors (Lipinski definition) is 4. The molecule has 2 heterocycles. The molecule has 1 N–H and O–H groups in total. The summed E-state index contributed by atoms with van der Waals surface area (Å²) in [6.07, 6.45) is 8.32. The number of piperidine rings is 1. The van der Waals surface area contributed by atoms with Crippen LogP contribution in [0.4, 0.5) is 0 Å². The second kappa shape index (κ2) is 8.83. The van der Waals surface area contributed by atoms with E-state index in [1.54, 1.807) is 6.92 Å². The average Bonchev–Trinajstić information content (AvgIpc) is 3.10. The maximum Gasteiger partial charge on any atom is 0.217 e. The maximum atomic E-state index is 11.2. The van der Waals surface area contributed by atoms with Gasteiger partial charge in [-0.3, -0.25) is 4.79 Å². The Kier molecular flexibility index (Phi) is 6.22. The third-order valence-electron chi connectivity index (χ3n) is 6.54. The molecule has 152 valence electrons. The fraction of sp³-hybridized carbons (Fsp3) is 0.636. The second-order valence-corrected chi connectivity index (χ2v) is 8.97. The predicted octanol–water partition coefficient (Wildman–Crippen LogP) is 4.75. The van der Waals surface area contributed by atoms with E-state index in [9.17, 15) is 4.79 Å². The Labute approximate surface area is 171 Å². The van der Waals surface area contributed by atoms with Crippen LogP contribution >= 0.6 is 11.6 Å². The predicted molar refractivity (Wildman–Crippen MR) is 112 cm³/mol. The van der Waals surface area contributed by atoms with Crippen molar-refractivity contribution in [3.8, 4) is 0 Å². The third-order valence-corrected chi connectivity index (χ3v) is 6.78. The number of amides is 1. The number of benzene rings is 1. The van der Waals surface area contributed by atoms with E-state index in [-0.39, 0.29) is 5.91 Å². The van der Waals surface area contributed by atoms with Crippen LogP contribution in [0.1, 0.15) is 63.5 Å². The van der Waals surface area contributed by atoms with Crippen molar-refractivity contribution in [2.45, 2.75) is 63.8 Å². The van der Waals surface area contributed by atoms with Crippen LogP contribution in [0.15, 0.2) is 22.7 Å². The summed E-state index contributed by atoms with van der Waals surface area (Å²) in [6, 6.07) is 6.20. The van der Waals surface area contributed by atoms with Crippen molar-refractivity contribution < 1.29 is 9.32 Å². The van der Waals surface area contributed by atoms with Crippen LogP contribution in [0.3, 0.4) is 0 Å². The molecular formula is C22H30ClN3O2. The topological polar surface area (TPSA) is 58.4 Å². The molecule has 0 atom stereocenters. The zero-order valence-electron chi connectivity index (χ0n) is 16.6. The number of nitrogens with one attached hydrogen (secondary N) is 1. The van der Waals surface area contributed by atoms with E-state index < -0.39 is 0 Å². The minimum atomic E-state index is 0.106. The Morgan fingerprint density at radius 2 is 1.96 bits per heavy atom. The highest BCUT2D eigenvalue weighted by Gasteiger charge is 2.26. The molecule has 0 radical (unpaired) electrons. The molecule has 2 aliphatic rings. The fourth-order valence-electron chi connectivity index (χ4n) is 4.90. The van der Waals surface area contributed by atoms with Crippen molar-refractivity contribution in [3.05, 3.63) is 28.9 Å². The van der Waals surface area contributed by atoms with Gasteiger partial charge >= 0.3 is 0 Å². The summed E-state index contributed by atoms with van der Waals surface area (Å²) in [5.74, 6) is 1.40. The molecule has 1 saturated heterocycles. The van der Waals surface area contributed by atoms with Gasteiger partial charge in [0, 0.05) is 35.4 Å². The number of rotatable bonds is 5. The van der Waals surface area contributed by atoms with Crippen LogP contribution in [-0.2, 0) is 4.79 Å². The number of aromatic nitrogens is 1. The van der Waals surface area contributed by atoms with Crippen LogP contribution < -0.4 is 5.32 Å². The first-order valence-corrected chi connectivity index (χ1v) is 11.0. The van der Waals surface area contributed by atoms with Crippen molar-refractivity contribution in [2.75, 3.05) is 19.6 Å². The van der Waals surface area contributed by atoms with Crippen molar-refractivity contribution in [3.63, 3.8) is 0 Å². The van der Waals surface area contributed by atoms with E-state index in [2.05, 4.69) is 15.4 Å². The lowest BCUT2D eigenvalue weighted by atomic mass is 9.83. The van der Waals surface area contributed by atoms with E-state index in [4.69, 9.17) is 16.1 Å². The molecule has 1 aromatic carbocycles. The van der Waals surface area contributed by atoms with Gasteiger partial charge in [0.2, 0.25) is 5.91 Å². The summed E-state index contributed by atoms with van der Waals surface area (Å²) in [4.78, 5) is 13.8. The summed E-state index contributed by atoms with van der Waals surface area (Å²) < 4.78 is 5.50. The number of fused-ring (bicyclic) bond motifs is 1. The molecule has 2 fully saturated rings. The van der Waals surface area contributed by atoms with Crippen LogP contribution in [-0.4, -0.2) is 41.6 Å². The van der Waals surface area contributed by atoms with Crippen molar-refractivity contribution in [1.82, 2.24) is 15.4 Å². The number of nitrogens with zero attached hydrogens (tertiary/aromatic N) is 2. The summed E-state index contributed by atoms with van der Waals surface area (Å²) in [7, 11) is 0. The molecule has 4 rings (SSSR count). The Bertz CT molecular complexity index is 805. The number of carbonyl (C=O) groups excluding carboxylic acids is 1. The van der Waals surface area contributed by atoms with Crippen LogP contribution in [0, 0.1) is 5.92 Å². The lowest BCUT2D eigenvalue weighted by Crippen LogP contribution is -2.37. The molecule has 2 aromatic rings. The van der Waals surface area contributed by atoms with Gasteiger partial charge in [0.05, 0.1) is 5.69 Å². The third kappa shape index (κ3) is 4.69. The normalized spacial score (nSPS) is 24.5. The monoisotopic (exact) mass is 403 g/mol. The van der Waals surface area contributed by atoms with Gasteiger partial charge in [-0.05, 0) is 82.6 Å². The highest BCUT2D eigenvalue weighted by atomic mass is 35.5. The van der Waals surface area contributed by atoms with Crippen LogP contribution in [0.2, 0.25) is 5.02 Å². The molecule has 1 aromatic heterocycles. The molecule has 1 amide bonds. The summed E-state index contributed by atoms with van der Waals surface area (Å²) in [5, 5.41) is 9.22. The first kappa shape index (κ1) is 19.7. The summed E-state index contributed by atoms with van der Waals surface area (Å²) >= 11 is 6.05. The van der Waals surface area contributed by atoms with Gasteiger partial charge in [-0.25, -0.2) is 0 Å². The molecule has 1 aliphatic carbocycles. The number of carbonyl (C=O) groups is 1. The zero-order chi connectivity index (χ0) is 19.5. The first-order chi connectivity index (χ1) is 13.6. The number of halogens is 1. The van der Waals surface area contributed by atoms with E-state index >= 15 is 0 Å². The van der Waals surface area contributed by atoms with E-state index in [1.165, 1.54) is 25.8 Å². The standard InChI is InChI=1S/C22H30ClN3O2/c1-15(27)24-19-5-2-16(3-6-19)8-11-26-12-9-17(10-13-26)22-20-7-4-18(23)14-21(20)28-25-22/h4,7,14,16-17,19H,2-3,5-6,8-13H2,1H3,(H,24,27). The van der Waals surface area contributed by atoms with Crippen molar-refractivity contribution in [1.29, 1.82) is 0 Å². The molecule has 0 unspecified atom stereocenters. The minimum Gasteiger partial charge on any atom is -0.356 e. The Morgan fingerprint density at radius 1 is 1.21 bits per heavy atom. The molecule has 1 aliphatic heterocycles. The quantitative estimate of drug-likeness (QED) is 0.782. The molecule has 1 saturated carbocycles. The largest absolute Gasteiger partial charge is 0.356 e. The smallest absolute Gasteiger partial charge is 0.217 e. The SMILES string of the molecule is CC(=O)NC1CCC(CCN2CCC(c3noc4cc(Cl)ccc34)CC2)CC1. The summed E-state index contributed by atoms with van der Waals surface area (Å²) in [5.41, 5.74) is 1.89. The van der Waals surface area contributed by atoms with Gasteiger partial charge in [0.1, 0.15) is 0 Å². The number of hydrogen-bond donors (Lipinski definition) is 1. The average molecular weight is 404 g/mol. The highest BCUT2D eigenvalue weighted by Crippen LogP contribution is 2.34. The molecule has 0 bridgehead atoms. The lowest BCUT2D eigenvalue weighted by Gasteiger charge is -2.34. The fourth-order valence-corrected chi connectivity index (χ4v) is 5.07. The molecule has 5 nitrogen and oxygen atoms in total. The number of likely N-dealkylation sites (tertiary alicyclic amines) is 1. The van der Waals surface area contributed by atoms with Gasteiger partial charge in [0.15, 0.2) is 5.58 Å². The maximum absolute atomic E-state index is 11.2. The van der Waals surface area contributed by atoms with Crippen molar-refractivity contribution in [2.24, 2.45) is 5.92 Å². The van der Waals surface area contributed by atoms with Gasteiger partial charge in [-0.2, -0.15) is 0 Å². The minimum absolute atomic E-state index is 0.106. The van der Waals surface area contributed by atoms with Crippen LogP contribution in [0.5, 0.6) is 0 Å². The van der Waals surface area contributed by atoms with Gasteiger partial charge in [0.25, 0.3) is 0 Å². The first-order valence-electron chi connectivity index (χ1n) is 10.6.